The van der Waals surface area contributed by atoms with Crippen molar-refractivity contribution >= 4 is 5.91 Å². The monoisotopic (exact) mass is 277 g/mol. The number of likely N-dealkylation sites (N-methyl/N-ethyl adjacent to an activating group) is 1. The number of benzene rings is 1. The highest BCUT2D eigenvalue weighted by Gasteiger charge is 2.15. The smallest absolute Gasteiger partial charge is 0.253 e. The Morgan fingerprint density at radius 2 is 2.05 bits per heavy atom. The summed E-state index contributed by atoms with van der Waals surface area (Å²) in [6.45, 7) is 0.201. The van der Waals surface area contributed by atoms with Gasteiger partial charge in [-0.2, -0.15) is 0 Å². The number of carbonyl (C=O) groups excluding carboxylic acids is 1. The maximum atomic E-state index is 12.1. The molecule has 0 spiro atoms. The number of carbonyl (C=O) groups is 1. The van der Waals surface area contributed by atoms with Crippen LogP contribution in [0.25, 0.3) is 0 Å². The Balaban J connectivity index is 2.67. The van der Waals surface area contributed by atoms with Crippen molar-refractivity contribution in [2.24, 2.45) is 0 Å². The molecule has 1 aromatic carbocycles. The van der Waals surface area contributed by atoms with Crippen LogP contribution in [-0.2, 0) is 4.74 Å². The van der Waals surface area contributed by atoms with E-state index in [4.69, 9.17) is 9.84 Å². The lowest BCUT2D eigenvalue weighted by Gasteiger charge is -2.20. The van der Waals surface area contributed by atoms with E-state index in [9.17, 15) is 9.90 Å². The molecule has 20 heavy (non-hydrogen) atoms. The Kier molecular flexibility index (Phi) is 6.74. The number of aliphatic hydroxyl groups excluding tert-OH is 2. The molecule has 2 N–H and O–H groups in total. The maximum Gasteiger partial charge on any atom is 0.253 e. The fourth-order valence-corrected chi connectivity index (χ4v) is 1.70. The molecule has 108 valence electrons. The van der Waals surface area contributed by atoms with E-state index in [-0.39, 0.29) is 25.7 Å². The van der Waals surface area contributed by atoms with Gasteiger partial charge in [-0.1, -0.05) is 11.8 Å². The molecule has 5 nitrogen and oxygen atoms in total. The lowest BCUT2D eigenvalue weighted by Crippen LogP contribution is -2.36. The van der Waals surface area contributed by atoms with E-state index in [1.54, 1.807) is 31.3 Å². The third-order valence-corrected chi connectivity index (χ3v) is 2.63. The predicted octanol–water partition coefficient (Wildman–Crippen LogP) is 0.110. The molecule has 0 saturated carbocycles. The predicted molar refractivity (Wildman–Crippen MR) is 75.2 cm³/mol. The second-order valence-electron chi connectivity index (χ2n) is 4.33. The second kappa shape index (κ2) is 8.33. The first kappa shape index (κ1) is 16.2. The summed E-state index contributed by atoms with van der Waals surface area (Å²) in [5, 5.41) is 18.2. The molecule has 1 aromatic rings. The molecule has 0 aliphatic carbocycles. The molecule has 0 heterocycles. The minimum Gasteiger partial charge on any atom is -0.389 e. The van der Waals surface area contributed by atoms with Crippen LogP contribution >= 0.6 is 0 Å². The number of ether oxygens (including phenoxy) is 1. The number of amides is 1. The zero-order valence-corrected chi connectivity index (χ0v) is 11.7. The summed E-state index contributed by atoms with van der Waals surface area (Å²) < 4.78 is 4.82. The molecular formula is C15H19NO4. The molecule has 0 aromatic heterocycles. The highest BCUT2D eigenvalue weighted by Crippen LogP contribution is 2.07. The van der Waals surface area contributed by atoms with Crippen molar-refractivity contribution in [1.29, 1.82) is 0 Å². The Morgan fingerprint density at radius 3 is 2.60 bits per heavy atom. The average Bonchev–Trinajstić information content (AvgIpc) is 2.45. The van der Waals surface area contributed by atoms with Crippen molar-refractivity contribution in [2.75, 3.05) is 33.9 Å². The van der Waals surface area contributed by atoms with Gasteiger partial charge in [0.2, 0.25) is 0 Å². The summed E-state index contributed by atoms with van der Waals surface area (Å²) in [7, 11) is 3.12. The first-order chi connectivity index (χ1) is 9.58. The SMILES string of the molecule is COCC(O)CN(C)C(=O)c1ccc(C#CCO)cc1. The molecule has 1 amide bonds. The highest BCUT2D eigenvalue weighted by molar-refractivity contribution is 5.94. The van der Waals surface area contributed by atoms with Crippen LogP contribution in [0, 0.1) is 11.8 Å². The molecule has 1 unspecified atom stereocenters. The van der Waals surface area contributed by atoms with E-state index >= 15 is 0 Å². The Morgan fingerprint density at radius 1 is 1.40 bits per heavy atom. The van der Waals surface area contributed by atoms with Crippen molar-refractivity contribution in [2.45, 2.75) is 6.10 Å². The largest absolute Gasteiger partial charge is 0.389 e. The average molecular weight is 277 g/mol. The summed E-state index contributed by atoms with van der Waals surface area (Å²) in [6, 6.07) is 6.77. The van der Waals surface area contributed by atoms with Gasteiger partial charge in [0.15, 0.2) is 0 Å². The third kappa shape index (κ3) is 5.02. The van der Waals surface area contributed by atoms with Crippen molar-refractivity contribution in [1.82, 2.24) is 4.90 Å². The topological polar surface area (TPSA) is 70.0 Å². The molecule has 0 saturated heterocycles. The quantitative estimate of drug-likeness (QED) is 0.750. The van der Waals surface area contributed by atoms with E-state index in [0.717, 1.165) is 5.56 Å². The summed E-state index contributed by atoms with van der Waals surface area (Å²) in [4.78, 5) is 13.6. The van der Waals surface area contributed by atoms with E-state index in [1.807, 2.05) is 0 Å². The van der Waals surface area contributed by atoms with Gasteiger partial charge in [0.1, 0.15) is 6.61 Å². The van der Waals surface area contributed by atoms with Crippen LogP contribution in [-0.4, -0.2) is 61.0 Å². The van der Waals surface area contributed by atoms with Gasteiger partial charge in [-0.25, -0.2) is 0 Å². The number of nitrogens with zero attached hydrogens (tertiary/aromatic N) is 1. The Labute approximate surface area is 118 Å². The van der Waals surface area contributed by atoms with Crippen molar-refractivity contribution in [3.63, 3.8) is 0 Å². The van der Waals surface area contributed by atoms with Crippen molar-refractivity contribution < 1.29 is 19.7 Å². The number of hydrogen-bond donors (Lipinski definition) is 2. The first-order valence-electron chi connectivity index (χ1n) is 6.20. The van der Waals surface area contributed by atoms with Crippen LogP contribution in [0.15, 0.2) is 24.3 Å². The molecule has 0 radical (unpaired) electrons. The van der Waals surface area contributed by atoms with E-state index < -0.39 is 6.10 Å². The van der Waals surface area contributed by atoms with Gasteiger partial charge in [-0.05, 0) is 24.3 Å². The zero-order valence-electron chi connectivity index (χ0n) is 11.7. The van der Waals surface area contributed by atoms with Gasteiger partial charge >= 0.3 is 0 Å². The standard InChI is InChI=1S/C15H19NO4/c1-16(10-14(18)11-20-2)15(19)13-7-5-12(6-8-13)4-3-9-17/h5-8,14,17-18H,9-11H2,1-2H3. The van der Waals surface area contributed by atoms with E-state index in [2.05, 4.69) is 11.8 Å². The molecule has 1 atom stereocenters. The number of hydrogen-bond acceptors (Lipinski definition) is 4. The third-order valence-electron chi connectivity index (χ3n) is 2.63. The normalized spacial score (nSPS) is 11.4. The van der Waals surface area contributed by atoms with Gasteiger partial charge in [-0.3, -0.25) is 4.79 Å². The highest BCUT2D eigenvalue weighted by atomic mass is 16.5. The summed E-state index contributed by atoms with van der Waals surface area (Å²) in [6.07, 6.45) is -0.705. The number of methoxy groups -OCH3 is 1. The number of aliphatic hydroxyl groups is 2. The summed E-state index contributed by atoms with van der Waals surface area (Å²) in [5.74, 6) is 5.12. The van der Waals surface area contributed by atoms with Crippen LogP contribution in [0.2, 0.25) is 0 Å². The molecule has 0 aliphatic heterocycles. The van der Waals surface area contributed by atoms with Gasteiger partial charge in [0.05, 0.1) is 12.7 Å². The second-order valence-corrected chi connectivity index (χ2v) is 4.33. The minimum absolute atomic E-state index is 0.179. The van der Waals surface area contributed by atoms with Gasteiger partial charge < -0.3 is 19.8 Å². The van der Waals surface area contributed by atoms with Crippen LogP contribution in [0.1, 0.15) is 15.9 Å². The lowest BCUT2D eigenvalue weighted by atomic mass is 10.1. The van der Waals surface area contributed by atoms with Crippen LogP contribution in [0.4, 0.5) is 0 Å². The first-order valence-corrected chi connectivity index (χ1v) is 6.20. The molecular weight excluding hydrogens is 258 g/mol. The summed E-state index contributed by atoms with van der Waals surface area (Å²) in [5.41, 5.74) is 1.25. The fourth-order valence-electron chi connectivity index (χ4n) is 1.70. The van der Waals surface area contributed by atoms with E-state index in [0.29, 0.717) is 5.56 Å². The Hall–Kier alpha value is -1.87. The van der Waals surface area contributed by atoms with Gasteiger partial charge in [0.25, 0.3) is 5.91 Å². The zero-order chi connectivity index (χ0) is 15.0. The molecule has 5 heteroatoms. The molecule has 1 rings (SSSR count). The van der Waals surface area contributed by atoms with Crippen molar-refractivity contribution in [3.8, 4) is 11.8 Å². The Bertz CT molecular complexity index is 487. The number of rotatable bonds is 5. The molecule has 0 fully saturated rings. The summed E-state index contributed by atoms with van der Waals surface area (Å²) >= 11 is 0. The maximum absolute atomic E-state index is 12.1. The van der Waals surface area contributed by atoms with Crippen LogP contribution in [0.3, 0.4) is 0 Å². The van der Waals surface area contributed by atoms with Gasteiger partial charge in [0, 0.05) is 31.8 Å². The van der Waals surface area contributed by atoms with E-state index in [1.165, 1.54) is 12.0 Å². The van der Waals surface area contributed by atoms with Gasteiger partial charge in [-0.15, -0.1) is 0 Å². The van der Waals surface area contributed by atoms with Crippen LogP contribution < -0.4 is 0 Å². The lowest BCUT2D eigenvalue weighted by molar-refractivity contribution is 0.0380. The van der Waals surface area contributed by atoms with Crippen molar-refractivity contribution in [3.05, 3.63) is 35.4 Å². The minimum atomic E-state index is -0.705. The molecule has 0 aliphatic rings. The molecule has 0 bridgehead atoms. The fraction of sp³-hybridized carbons (Fsp3) is 0.400. The van der Waals surface area contributed by atoms with Crippen LogP contribution in [0.5, 0.6) is 0 Å².